The number of hydrogen-bond donors (Lipinski definition) is 1. The Balaban J connectivity index is 1.63. The smallest absolute Gasteiger partial charge is 0.219 e. The lowest BCUT2D eigenvalue weighted by atomic mass is 9.89. The summed E-state index contributed by atoms with van der Waals surface area (Å²) in [5.41, 5.74) is 1.14. The normalized spacial score (nSPS) is 23.7. The number of nitrogens with one attached hydrogen (secondary N) is 1. The quantitative estimate of drug-likeness (QED) is 0.924. The average Bonchev–Trinajstić information content (AvgIpc) is 2.59. The Hall–Kier alpha value is -1.75. The SMILES string of the molecule is CCC1CN(C(C)=O)CCC1NCc1cccc2c1OCCO2. The van der Waals surface area contributed by atoms with Crippen LogP contribution in [0.4, 0.5) is 0 Å². The van der Waals surface area contributed by atoms with Crippen molar-refractivity contribution in [2.75, 3.05) is 26.3 Å². The van der Waals surface area contributed by atoms with Crippen molar-refractivity contribution in [1.82, 2.24) is 10.2 Å². The van der Waals surface area contributed by atoms with Crippen molar-refractivity contribution in [3.8, 4) is 11.5 Å². The number of carbonyl (C=O) groups excluding carboxylic acids is 1. The molecule has 2 atom stereocenters. The number of amides is 1. The van der Waals surface area contributed by atoms with E-state index in [4.69, 9.17) is 9.47 Å². The summed E-state index contributed by atoms with van der Waals surface area (Å²) in [6.07, 6.45) is 2.08. The predicted octanol–water partition coefficient (Wildman–Crippen LogP) is 2.19. The van der Waals surface area contributed by atoms with Gasteiger partial charge in [-0.05, 0) is 18.4 Å². The summed E-state index contributed by atoms with van der Waals surface area (Å²) in [4.78, 5) is 13.5. The molecule has 2 heterocycles. The second-order valence-corrected chi connectivity index (χ2v) is 6.35. The lowest BCUT2D eigenvalue weighted by molar-refractivity contribution is -0.131. The van der Waals surface area contributed by atoms with Gasteiger partial charge in [0, 0.05) is 38.2 Å². The van der Waals surface area contributed by atoms with E-state index in [2.05, 4.69) is 18.3 Å². The molecule has 1 aromatic rings. The van der Waals surface area contributed by atoms with E-state index in [1.165, 1.54) is 0 Å². The molecule has 2 unspecified atom stereocenters. The van der Waals surface area contributed by atoms with Crippen LogP contribution in [0.5, 0.6) is 11.5 Å². The number of likely N-dealkylation sites (tertiary alicyclic amines) is 1. The number of carbonyl (C=O) groups is 1. The molecule has 23 heavy (non-hydrogen) atoms. The Morgan fingerprint density at radius 2 is 2.17 bits per heavy atom. The zero-order valence-corrected chi connectivity index (χ0v) is 14.0. The highest BCUT2D eigenvalue weighted by Crippen LogP contribution is 2.33. The fourth-order valence-electron chi connectivity index (χ4n) is 3.51. The third-order valence-corrected chi connectivity index (χ3v) is 4.91. The molecule has 3 rings (SSSR count). The highest BCUT2D eigenvalue weighted by molar-refractivity contribution is 5.73. The third kappa shape index (κ3) is 3.61. The highest BCUT2D eigenvalue weighted by Gasteiger charge is 2.29. The van der Waals surface area contributed by atoms with E-state index in [-0.39, 0.29) is 5.91 Å². The van der Waals surface area contributed by atoms with Gasteiger partial charge >= 0.3 is 0 Å². The van der Waals surface area contributed by atoms with E-state index in [0.29, 0.717) is 25.2 Å². The number of para-hydroxylation sites is 1. The van der Waals surface area contributed by atoms with Crippen LogP contribution in [-0.4, -0.2) is 43.2 Å². The van der Waals surface area contributed by atoms with E-state index in [1.54, 1.807) is 6.92 Å². The van der Waals surface area contributed by atoms with Crippen LogP contribution in [0.25, 0.3) is 0 Å². The van der Waals surface area contributed by atoms with Gasteiger partial charge in [0.25, 0.3) is 0 Å². The second kappa shape index (κ2) is 7.21. The van der Waals surface area contributed by atoms with Gasteiger partial charge in [0.2, 0.25) is 5.91 Å². The molecular formula is C18H26N2O3. The monoisotopic (exact) mass is 318 g/mol. The van der Waals surface area contributed by atoms with Crippen molar-refractivity contribution < 1.29 is 14.3 Å². The molecule has 1 N–H and O–H groups in total. The fraction of sp³-hybridized carbons (Fsp3) is 0.611. The summed E-state index contributed by atoms with van der Waals surface area (Å²) < 4.78 is 11.4. The zero-order chi connectivity index (χ0) is 16.2. The van der Waals surface area contributed by atoms with E-state index in [1.807, 2.05) is 17.0 Å². The first-order valence-electron chi connectivity index (χ1n) is 8.55. The van der Waals surface area contributed by atoms with E-state index in [9.17, 15) is 4.79 Å². The lowest BCUT2D eigenvalue weighted by Crippen LogP contribution is -2.50. The second-order valence-electron chi connectivity index (χ2n) is 6.35. The summed E-state index contributed by atoms with van der Waals surface area (Å²) in [6, 6.07) is 6.50. The van der Waals surface area contributed by atoms with Crippen molar-refractivity contribution in [1.29, 1.82) is 0 Å². The van der Waals surface area contributed by atoms with Gasteiger partial charge in [0.1, 0.15) is 13.2 Å². The number of benzene rings is 1. The molecule has 5 heteroatoms. The number of rotatable bonds is 4. The molecule has 0 aliphatic carbocycles. The Morgan fingerprint density at radius 3 is 2.96 bits per heavy atom. The van der Waals surface area contributed by atoms with Crippen LogP contribution in [-0.2, 0) is 11.3 Å². The first-order valence-corrected chi connectivity index (χ1v) is 8.55. The first kappa shape index (κ1) is 16.1. The minimum atomic E-state index is 0.185. The standard InChI is InChI=1S/C18H26N2O3/c1-3-14-12-20(13(2)21)8-7-16(14)19-11-15-5-4-6-17-18(15)23-10-9-22-17/h4-6,14,16,19H,3,7-12H2,1-2H3. The molecule has 0 spiro atoms. The van der Waals surface area contributed by atoms with Gasteiger partial charge in [-0.25, -0.2) is 0 Å². The molecule has 2 aliphatic heterocycles. The van der Waals surface area contributed by atoms with Crippen molar-refractivity contribution in [3.63, 3.8) is 0 Å². The summed E-state index contributed by atoms with van der Waals surface area (Å²) in [5, 5.41) is 3.67. The molecule has 1 aromatic carbocycles. The van der Waals surface area contributed by atoms with Crippen LogP contribution in [0.1, 0.15) is 32.3 Å². The van der Waals surface area contributed by atoms with Gasteiger partial charge in [-0.3, -0.25) is 4.79 Å². The van der Waals surface area contributed by atoms with E-state index < -0.39 is 0 Å². The molecule has 0 saturated carbocycles. The van der Waals surface area contributed by atoms with Crippen LogP contribution >= 0.6 is 0 Å². The molecule has 0 radical (unpaired) electrons. The Morgan fingerprint density at radius 1 is 1.35 bits per heavy atom. The van der Waals surface area contributed by atoms with Gasteiger partial charge in [-0.15, -0.1) is 0 Å². The Bertz CT molecular complexity index is 561. The van der Waals surface area contributed by atoms with Crippen molar-refractivity contribution in [3.05, 3.63) is 23.8 Å². The largest absolute Gasteiger partial charge is 0.486 e. The first-order chi connectivity index (χ1) is 11.2. The molecule has 126 valence electrons. The molecule has 0 aromatic heterocycles. The summed E-state index contributed by atoms with van der Waals surface area (Å²) in [7, 11) is 0. The van der Waals surface area contributed by atoms with Gasteiger partial charge in [-0.2, -0.15) is 0 Å². The summed E-state index contributed by atoms with van der Waals surface area (Å²) in [5.74, 6) is 2.41. The van der Waals surface area contributed by atoms with Gasteiger partial charge < -0.3 is 19.7 Å². The number of nitrogens with zero attached hydrogens (tertiary/aromatic N) is 1. The van der Waals surface area contributed by atoms with Crippen LogP contribution < -0.4 is 14.8 Å². The molecule has 1 amide bonds. The van der Waals surface area contributed by atoms with Crippen LogP contribution in [0.3, 0.4) is 0 Å². The highest BCUT2D eigenvalue weighted by atomic mass is 16.6. The van der Waals surface area contributed by atoms with E-state index in [0.717, 1.165) is 49.5 Å². The maximum absolute atomic E-state index is 11.6. The van der Waals surface area contributed by atoms with Gasteiger partial charge in [0.15, 0.2) is 11.5 Å². The third-order valence-electron chi connectivity index (χ3n) is 4.91. The van der Waals surface area contributed by atoms with Crippen molar-refractivity contribution in [2.24, 2.45) is 5.92 Å². The fourth-order valence-corrected chi connectivity index (χ4v) is 3.51. The molecule has 2 aliphatic rings. The van der Waals surface area contributed by atoms with Crippen LogP contribution in [0.2, 0.25) is 0 Å². The molecule has 0 bridgehead atoms. The summed E-state index contributed by atoms with van der Waals surface area (Å²) in [6.45, 7) is 7.56. The molecule has 1 saturated heterocycles. The zero-order valence-electron chi connectivity index (χ0n) is 14.0. The number of ether oxygens (including phenoxy) is 2. The molecular weight excluding hydrogens is 292 g/mol. The number of fused-ring (bicyclic) bond motifs is 1. The van der Waals surface area contributed by atoms with Crippen LogP contribution in [0, 0.1) is 5.92 Å². The van der Waals surface area contributed by atoms with Gasteiger partial charge in [-0.1, -0.05) is 25.5 Å². The number of piperidine rings is 1. The van der Waals surface area contributed by atoms with Crippen molar-refractivity contribution >= 4 is 5.91 Å². The average molecular weight is 318 g/mol. The summed E-state index contributed by atoms with van der Waals surface area (Å²) >= 11 is 0. The molecule has 5 nitrogen and oxygen atoms in total. The molecule has 1 fully saturated rings. The lowest BCUT2D eigenvalue weighted by Gasteiger charge is -2.38. The topological polar surface area (TPSA) is 50.8 Å². The van der Waals surface area contributed by atoms with Crippen LogP contribution in [0.15, 0.2) is 18.2 Å². The minimum Gasteiger partial charge on any atom is -0.486 e. The minimum absolute atomic E-state index is 0.185. The maximum Gasteiger partial charge on any atom is 0.219 e. The predicted molar refractivity (Wildman–Crippen MR) is 88.7 cm³/mol. The Labute approximate surface area is 137 Å². The van der Waals surface area contributed by atoms with E-state index >= 15 is 0 Å². The number of hydrogen-bond acceptors (Lipinski definition) is 4. The Kier molecular flexibility index (Phi) is 5.06. The van der Waals surface area contributed by atoms with Crippen molar-refractivity contribution in [2.45, 2.75) is 39.3 Å². The van der Waals surface area contributed by atoms with Gasteiger partial charge in [0.05, 0.1) is 0 Å². The maximum atomic E-state index is 11.6.